The zero-order valence-corrected chi connectivity index (χ0v) is 11.9. The Morgan fingerprint density at radius 2 is 2.00 bits per heavy atom. The summed E-state index contributed by atoms with van der Waals surface area (Å²) in [6.45, 7) is 0. The summed E-state index contributed by atoms with van der Waals surface area (Å²) in [4.78, 5) is 4.15. The number of aromatic nitrogens is 1. The molecule has 6 heteroatoms. The summed E-state index contributed by atoms with van der Waals surface area (Å²) in [5.41, 5.74) is 0. The number of hydrogen-bond acceptors (Lipinski definition) is 5. The van der Waals surface area contributed by atoms with Crippen LogP contribution in [0.4, 0.5) is 0 Å². The third-order valence-corrected chi connectivity index (χ3v) is 3.57. The van der Waals surface area contributed by atoms with E-state index < -0.39 is 0 Å². The van der Waals surface area contributed by atoms with Crippen LogP contribution in [0.5, 0.6) is 5.88 Å². The van der Waals surface area contributed by atoms with Crippen LogP contribution in [0.2, 0.25) is 0 Å². The molecule has 1 heterocycles. The van der Waals surface area contributed by atoms with E-state index in [1.54, 1.807) is 6.20 Å². The van der Waals surface area contributed by atoms with Gasteiger partial charge in [-0.1, -0.05) is 6.07 Å². The van der Waals surface area contributed by atoms with Crippen molar-refractivity contribution in [2.24, 2.45) is 5.92 Å². The molecule has 1 fully saturated rings. The molecule has 1 saturated carbocycles. The maximum Gasteiger partial charge on any atom is 0.213 e. The van der Waals surface area contributed by atoms with E-state index in [1.807, 2.05) is 18.2 Å². The largest absolute Gasteiger partial charge is 0.474 e. The standard InChI is InChI=1S/C14H18ClN3O2/c15-9-12(16)20-14(17)10-4-6-11(7-5-10)19-13-3-1-2-8-18-13/h1-3,8,10-11,16-17H,4-7,9H2/t10-,11-. The van der Waals surface area contributed by atoms with Gasteiger partial charge in [-0.15, -0.1) is 11.6 Å². The van der Waals surface area contributed by atoms with E-state index in [2.05, 4.69) is 4.98 Å². The number of ether oxygens (including phenoxy) is 2. The molecule has 2 rings (SSSR count). The molecule has 0 radical (unpaired) electrons. The maximum atomic E-state index is 7.83. The van der Waals surface area contributed by atoms with Crippen molar-refractivity contribution in [1.29, 1.82) is 10.8 Å². The van der Waals surface area contributed by atoms with Gasteiger partial charge < -0.3 is 9.47 Å². The summed E-state index contributed by atoms with van der Waals surface area (Å²) in [7, 11) is 0. The van der Waals surface area contributed by atoms with Crippen molar-refractivity contribution in [3.63, 3.8) is 0 Å². The topological polar surface area (TPSA) is 79.0 Å². The Bertz CT molecular complexity index is 459. The Kier molecular flexibility index (Phi) is 5.35. The van der Waals surface area contributed by atoms with Crippen molar-refractivity contribution in [3.05, 3.63) is 24.4 Å². The van der Waals surface area contributed by atoms with Crippen molar-refractivity contribution in [3.8, 4) is 5.88 Å². The lowest BCUT2D eigenvalue weighted by atomic mass is 9.87. The highest BCUT2D eigenvalue weighted by atomic mass is 35.5. The molecule has 2 N–H and O–H groups in total. The molecular weight excluding hydrogens is 278 g/mol. The smallest absolute Gasteiger partial charge is 0.213 e. The van der Waals surface area contributed by atoms with Crippen molar-refractivity contribution in [2.45, 2.75) is 31.8 Å². The predicted molar refractivity (Wildman–Crippen MR) is 77.9 cm³/mol. The van der Waals surface area contributed by atoms with Crippen LogP contribution in [0.15, 0.2) is 24.4 Å². The van der Waals surface area contributed by atoms with Crippen LogP contribution in [-0.2, 0) is 4.74 Å². The Labute approximate surface area is 123 Å². The minimum absolute atomic E-state index is 0.000509. The Balaban J connectivity index is 1.77. The predicted octanol–water partition coefficient (Wildman–Crippen LogP) is 3.23. The fraction of sp³-hybridized carbons (Fsp3) is 0.500. The molecule has 0 saturated heterocycles. The van der Waals surface area contributed by atoms with Gasteiger partial charge in [0.15, 0.2) is 5.90 Å². The lowest BCUT2D eigenvalue weighted by molar-refractivity contribution is 0.135. The van der Waals surface area contributed by atoms with Crippen molar-refractivity contribution < 1.29 is 9.47 Å². The third kappa shape index (κ3) is 4.20. The van der Waals surface area contributed by atoms with E-state index in [0.717, 1.165) is 25.7 Å². The molecular formula is C14H18ClN3O2. The summed E-state index contributed by atoms with van der Waals surface area (Å²) >= 11 is 5.48. The number of alkyl halides is 1. The number of pyridine rings is 1. The van der Waals surface area contributed by atoms with Gasteiger partial charge in [-0.05, 0) is 31.7 Å². The summed E-state index contributed by atoms with van der Waals surface area (Å²) < 4.78 is 10.9. The van der Waals surface area contributed by atoms with Gasteiger partial charge in [0.2, 0.25) is 11.8 Å². The van der Waals surface area contributed by atoms with Crippen molar-refractivity contribution >= 4 is 23.4 Å². The zero-order valence-electron chi connectivity index (χ0n) is 11.1. The molecule has 0 amide bonds. The highest BCUT2D eigenvalue weighted by Gasteiger charge is 2.27. The first-order valence-corrected chi connectivity index (χ1v) is 7.20. The molecule has 5 nitrogen and oxygen atoms in total. The molecule has 0 aliphatic heterocycles. The van der Waals surface area contributed by atoms with Gasteiger partial charge in [-0.2, -0.15) is 0 Å². The van der Waals surface area contributed by atoms with Crippen LogP contribution >= 0.6 is 11.6 Å². The maximum absolute atomic E-state index is 7.83. The minimum Gasteiger partial charge on any atom is -0.474 e. The van der Waals surface area contributed by atoms with E-state index in [-0.39, 0.29) is 29.7 Å². The van der Waals surface area contributed by atoms with Crippen molar-refractivity contribution in [2.75, 3.05) is 5.88 Å². The third-order valence-electron chi connectivity index (χ3n) is 3.32. The van der Waals surface area contributed by atoms with E-state index in [1.165, 1.54) is 0 Å². The van der Waals surface area contributed by atoms with Gasteiger partial charge in [0.1, 0.15) is 6.10 Å². The highest BCUT2D eigenvalue weighted by Crippen LogP contribution is 2.28. The molecule has 0 atom stereocenters. The van der Waals surface area contributed by atoms with Gasteiger partial charge in [-0.3, -0.25) is 10.8 Å². The SMILES string of the molecule is N=C(CCl)OC(=N)[C@H]1CC[C@H](Oc2ccccn2)CC1. The Morgan fingerprint density at radius 1 is 1.25 bits per heavy atom. The molecule has 1 aromatic heterocycles. The minimum atomic E-state index is -0.0662. The number of hydrogen-bond donors (Lipinski definition) is 2. The van der Waals surface area contributed by atoms with Gasteiger partial charge in [0, 0.05) is 18.2 Å². The lowest BCUT2D eigenvalue weighted by Crippen LogP contribution is -2.30. The molecule has 1 aliphatic rings. The molecule has 1 aliphatic carbocycles. The molecule has 20 heavy (non-hydrogen) atoms. The molecule has 0 unspecified atom stereocenters. The molecule has 0 bridgehead atoms. The zero-order chi connectivity index (χ0) is 14.4. The van der Waals surface area contributed by atoms with E-state index in [0.29, 0.717) is 5.88 Å². The first kappa shape index (κ1) is 14.8. The van der Waals surface area contributed by atoms with Crippen LogP contribution in [0, 0.1) is 16.7 Å². The van der Waals surface area contributed by atoms with Gasteiger partial charge in [0.05, 0.1) is 5.88 Å². The van der Waals surface area contributed by atoms with Crippen molar-refractivity contribution in [1.82, 2.24) is 4.98 Å². The Hall–Kier alpha value is -1.62. The number of rotatable bonds is 4. The average Bonchev–Trinajstić information content (AvgIpc) is 2.49. The first-order valence-electron chi connectivity index (χ1n) is 6.66. The average molecular weight is 296 g/mol. The lowest BCUT2D eigenvalue weighted by Gasteiger charge is -2.28. The fourth-order valence-corrected chi connectivity index (χ4v) is 2.33. The Morgan fingerprint density at radius 3 is 2.60 bits per heavy atom. The number of nitrogens with one attached hydrogen (secondary N) is 2. The van der Waals surface area contributed by atoms with Crippen LogP contribution in [0.1, 0.15) is 25.7 Å². The van der Waals surface area contributed by atoms with E-state index in [9.17, 15) is 0 Å². The number of halogens is 1. The molecule has 1 aromatic rings. The van der Waals surface area contributed by atoms with Gasteiger partial charge >= 0.3 is 0 Å². The van der Waals surface area contributed by atoms with Crippen LogP contribution in [-0.4, -0.2) is 28.8 Å². The second kappa shape index (κ2) is 7.24. The molecule has 0 spiro atoms. The monoisotopic (exact) mass is 295 g/mol. The highest BCUT2D eigenvalue weighted by molar-refractivity contribution is 6.27. The summed E-state index contributed by atoms with van der Waals surface area (Å²) in [5.74, 6) is 0.782. The van der Waals surface area contributed by atoms with Crippen LogP contribution in [0.25, 0.3) is 0 Å². The van der Waals surface area contributed by atoms with Crippen LogP contribution < -0.4 is 4.74 Å². The summed E-state index contributed by atoms with van der Waals surface area (Å²) in [6.07, 6.45) is 5.23. The fourth-order valence-electron chi connectivity index (χ4n) is 2.27. The van der Waals surface area contributed by atoms with Crippen LogP contribution in [0.3, 0.4) is 0 Å². The number of nitrogens with zero attached hydrogens (tertiary/aromatic N) is 1. The van der Waals surface area contributed by atoms with E-state index in [4.69, 9.17) is 31.9 Å². The summed E-state index contributed by atoms with van der Waals surface area (Å²) in [5, 5.41) is 15.2. The van der Waals surface area contributed by atoms with Gasteiger partial charge in [-0.25, -0.2) is 4.98 Å². The molecule has 0 aromatic carbocycles. The second-order valence-electron chi connectivity index (χ2n) is 4.78. The summed E-state index contributed by atoms with van der Waals surface area (Å²) in [6, 6.07) is 5.60. The van der Waals surface area contributed by atoms with Gasteiger partial charge in [0.25, 0.3) is 0 Å². The van der Waals surface area contributed by atoms with E-state index >= 15 is 0 Å². The second-order valence-corrected chi connectivity index (χ2v) is 5.05. The first-order chi connectivity index (χ1) is 9.69. The molecule has 108 valence electrons. The normalized spacial score (nSPS) is 22.1. The quantitative estimate of drug-likeness (QED) is 0.508.